The standard InChI is InChI=1S/C14H18BFN2O3S/c1-13(2)14(3,4)21-15(20-13)8-7-18(22)12-10(8)11(19-5)9(16)6-17-12/h6-7,22H,1-5H3. The van der Waals surface area contributed by atoms with Crippen molar-refractivity contribution >= 4 is 36.4 Å². The number of nitrogens with zero attached hydrogens (tertiary/aromatic N) is 2. The second-order valence-electron chi connectivity index (χ2n) is 6.36. The molecule has 3 heterocycles. The Labute approximate surface area is 134 Å². The van der Waals surface area contributed by atoms with Gasteiger partial charge in [0.25, 0.3) is 0 Å². The van der Waals surface area contributed by atoms with Gasteiger partial charge in [-0.15, -0.1) is 0 Å². The molecule has 0 atom stereocenters. The van der Waals surface area contributed by atoms with Gasteiger partial charge in [0.2, 0.25) is 0 Å². The third-order valence-electron chi connectivity index (χ3n) is 4.45. The number of hydrogen-bond donors (Lipinski definition) is 1. The van der Waals surface area contributed by atoms with Crippen LogP contribution in [0.25, 0.3) is 11.0 Å². The van der Waals surface area contributed by atoms with Gasteiger partial charge < -0.3 is 14.0 Å². The SMILES string of the molecule is COc1c(F)cnc2c1c(B1OC(C)(C)C(C)(C)O1)cn2S. The summed E-state index contributed by atoms with van der Waals surface area (Å²) in [4.78, 5) is 4.07. The highest BCUT2D eigenvalue weighted by atomic mass is 32.1. The molecule has 0 aromatic carbocycles. The predicted molar refractivity (Wildman–Crippen MR) is 86.3 cm³/mol. The molecule has 2 aromatic rings. The van der Waals surface area contributed by atoms with E-state index in [9.17, 15) is 4.39 Å². The smallest absolute Gasteiger partial charge is 0.493 e. The first-order chi connectivity index (χ1) is 10.2. The van der Waals surface area contributed by atoms with Gasteiger partial charge in [-0.2, -0.15) is 0 Å². The fourth-order valence-corrected chi connectivity index (χ4v) is 2.78. The molecule has 1 fully saturated rings. The molecule has 0 bridgehead atoms. The van der Waals surface area contributed by atoms with Crippen LogP contribution in [0.15, 0.2) is 12.4 Å². The maximum absolute atomic E-state index is 14.0. The molecular weight excluding hydrogens is 306 g/mol. The fourth-order valence-electron chi connectivity index (χ4n) is 2.50. The van der Waals surface area contributed by atoms with Crippen molar-refractivity contribution in [2.24, 2.45) is 0 Å². The number of methoxy groups -OCH3 is 1. The van der Waals surface area contributed by atoms with Crippen LogP contribution in [0.3, 0.4) is 0 Å². The Balaban J connectivity index is 2.19. The first-order valence-corrected chi connectivity index (χ1v) is 7.36. The van der Waals surface area contributed by atoms with Gasteiger partial charge in [0.1, 0.15) is 0 Å². The quantitative estimate of drug-likeness (QED) is 0.679. The van der Waals surface area contributed by atoms with Crippen LogP contribution in [0.1, 0.15) is 27.7 Å². The second kappa shape index (κ2) is 4.87. The first kappa shape index (κ1) is 15.6. The van der Waals surface area contributed by atoms with Crippen LogP contribution in [0.5, 0.6) is 5.75 Å². The van der Waals surface area contributed by atoms with Gasteiger partial charge in [0.05, 0.1) is 29.9 Å². The summed E-state index contributed by atoms with van der Waals surface area (Å²) in [5, 5.41) is 0.510. The van der Waals surface area contributed by atoms with E-state index in [1.807, 2.05) is 27.7 Å². The number of halogens is 1. The Morgan fingerprint density at radius 2 is 1.86 bits per heavy atom. The Morgan fingerprint density at radius 3 is 2.41 bits per heavy atom. The molecule has 2 aromatic heterocycles. The van der Waals surface area contributed by atoms with Crippen molar-refractivity contribution < 1.29 is 18.4 Å². The van der Waals surface area contributed by atoms with Gasteiger partial charge in [0, 0.05) is 11.7 Å². The first-order valence-electron chi connectivity index (χ1n) is 6.96. The van der Waals surface area contributed by atoms with Gasteiger partial charge in [-0.1, -0.05) is 12.8 Å². The van der Waals surface area contributed by atoms with E-state index in [0.29, 0.717) is 16.5 Å². The maximum atomic E-state index is 14.0. The maximum Gasteiger partial charge on any atom is 0.497 e. The minimum Gasteiger partial charge on any atom is -0.493 e. The van der Waals surface area contributed by atoms with Gasteiger partial charge >= 0.3 is 7.12 Å². The predicted octanol–water partition coefficient (Wildman–Crippen LogP) is 2.18. The second-order valence-corrected chi connectivity index (χ2v) is 6.79. The van der Waals surface area contributed by atoms with Crippen LogP contribution < -0.4 is 10.2 Å². The molecule has 8 heteroatoms. The highest BCUT2D eigenvalue weighted by Crippen LogP contribution is 2.38. The minimum absolute atomic E-state index is 0.113. The molecule has 0 spiro atoms. The molecule has 1 saturated heterocycles. The molecule has 0 unspecified atom stereocenters. The number of aromatic nitrogens is 2. The van der Waals surface area contributed by atoms with Crippen molar-refractivity contribution in [3.63, 3.8) is 0 Å². The zero-order valence-electron chi connectivity index (χ0n) is 13.2. The van der Waals surface area contributed by atoms with Crippen molar-refractivity contribution in [1.82, 2.24) is 8.96 Å². The van der Waals surface area contributed by atoms with Crippen LogP contribution in [0.2, 0.25) is 0 Å². The molecule has 0 aliphatic carbocycles. The lowest BCUT2D eigenvalue weighted by molar-refractivity contribution is 0.00578. The summed E-state index contributed by atoms with van der Waals surface area (Å²) in [5.74, 6) is -0.421. The fraction of sp³-hybridized carbons (Fsp3) is 0.500. The van der Waals surface area contributed by atoms with E-state index in [-0.39, 0.29) is 5.75 Å². The van der Waals surface area contributed by atoms with E-state index < -0.39 is 24.1 Å². The summed E-state index contributed by atoms with van der Waals surface area (Å²) in [6.07, 6.45) is 2.83. The highest BCUT2D eigenvalue weighted by molar-refractivity contribution is 7.78. The van der Waals surface area contributed by atoms with E-state index in [4.69, 9.17) is 14.0 Å². The highest BCUT2D eigenvalue weighted by Gasteiger charge is 2.52. The molecule has 1 aliphatic heterocycles. The molecule has 5 nitrogen and oxygen atoms in total. The van der Waals surface area contributed by atoms with Crippen molar-refractivity contribution in [1.29, 1.82) is 0 Å². The lowest BCUT2D eigenvalue weighted by Crippen LogP contribution is -2.41. The Hall–Kier alpha value is -1.25. The molecule has 3 rings (SSSR count). The van der Waals surface area contributed by atoms with Gasteiger partial charge in [0.15, 0.2) is 17.2 Å². The van der Waals surface area contributed by atoms with E-state index in [0.717, 1.165) is 6.20 Å². The van der Waals surface area contributed by atoms with Gasteiger partial charge in [-0.25, -0.2) is 9.37 Å². The van der Waals surface area contributed by atoms with Crippen molar-refractivity contribution in [2.45, 2.75) is 38.9 Å². The van der Waals surface area contributed by atoms with Crippen molar-refractivity contribution in [3.05, 3.63) is 18.2 Å². The Morgan fingerprint density at radius 1 is 1.27 bits per heavy atom. The topological polar surface area (TPSA) is 45.5 Å². The number of hydrogen-bond acceptors (Lipinski definition) is 5. The third-order valence-corrected chi connectivity index (χ3v) is 4.75. The van der Waals surface area contributed by atoms with Crippen LogP contribution in [0, 0.1) is 5.82 Å². The van der Waals surface area contributed by atoms with E-state index >= 15 is 0 Å². The summed E-state index contributed by atoms with van der Waals surface area (Å²) in [6, 6.07) is 0. The summed E-state index contributed by atoms with van der Waals surface area (Å²) in [6.45, 7) is 7.85. The summed E-state index contributed by atoms with van der Waals surface area (Å²) in [7, 11) is 0.778. The molecule has 1 aliphatic rings. The summed E-state index contributed by atoms with van der Waals surface area (Å²) >= 11 is 4.34. The molecule has 118 valence electrons. The van der Waals surface area contributed by atoms with E-state index in [2.05, 4.69) is 17.8 Å². The number of ether oxygens (including phenoxy) is 1. The lowest BCUT2D eigenvalue weighted by atomic mass is 9.79. The number of thiol groups is 1. The number of fused-ring (bicyclic) bond motifs is 1. The molecule has 0 radical (unpaired) electrons. The average molecular weight is 324 g/mol. The van der Waals surface area contributed by atoms with E-state index in [1.165, 1.54) is 11.1 Å². The lowest BCUT2D eigenvalue weighted by Gasteiger charge is -2.32. The normalized spacial score (nSPS) is 19.9. The third kappa shape index (κ3) is 2.12. The van der Waals surface area contributed by atoms with Crippen LogP contribution >= 0.6 is 12.8 Å². The van der Waals surface area contributed by atoms with Gasteiger partial charge in [-0.05, 0) is 27.7 Å². The average Bonchev–Trinajstić information content (AvgIpc) is 2.85. The monoisotopic (exact) mass is 324 g/mol. The zero-order valence-corrected chi connectivity index (χ0v) is 14.1. The molecule has 0 saturated carbocycles. The largest absolute Gasteiger partial charge is 0.497 e. The molecule has 22 heavy (non-hydrogen) atoms. The number of pyridine rings is 1. The van der Waals surface area contributed by atoms with Crippen LogP contribution in [-0.4, -0.2) is 34.4 Å². The summed E-state index contributed by atoms with van der Waals surface area (Å²) < 4.78 is 32.8. The van der Waals surface area contributed by atoms with Gasteiger partial charge in [-0.3, -0.25) is 3.97 Å². The Bertz CT molecular complexity index is 731. The number of rotatable bonds is 2. The van der Waals surface area contributed by atoms with E-state index in [1.54, 1.807) is 6.20 Å². The van der Waals surface area contributed by atoms with Crippen LogP contribution in [-0.2, 0) is 9.31 Å². The van der Waals surface area contributed by atoms with Crippen molar-refractivity contribution in [3.8, 4) is 5.75 Å². The van der Waals surface area contributed by atoms with Crippen LogP contribution in [0.4, 0.5) is 4.39 Å². The Kier molecular flexibility index (Phi) is 3.47. The molecular formula is C14H18BFN2O3S. The minimum atomic E-state index is -0.640. The molecule has 0 amide bonds. The summed E-state index contributed by atoms with van der Waals surface area (Å²) in [5.41, 5.74) is 0.159. The van der Waals surface area contributed by atoms with Crippen molar-refractivity contribution in [2.75, 3.05) is 7.11 Å². The zero-order chi connectivity index (χ0) is 16.3. The molecule has 0 N–H and O–H groups in total.